The summed E-state index contributed by atoms with van der Waals surface area (Å²) in [6, 6.07) is 6.68. The summed E-state index contributed by atoms with van der Waals surface area (Å²) in [7, 11) is 1.63. The quantitative estimate of drug-likeness (QED) is 0.932. The lowest BCUT2D eigenvalue weighted by Gasteiger charge is -2.32. The maximum atomic E-state index is 6.24. The molecule has 1 fully saturated rings. The molecule has 1 atom stereocenters. The average molecular weight is 294 g/mol. The maximum absolute atomic E-state index is 6.24. The van der Waals surface area contributed by atoms with Crippen LogP contribution in [0, 0.1) is 0 Å². The third kappa shape index (κ3) is 2.33. The lowest BCUT2D eigenvalue weighted by Crippen LogP contribution is -2.42. The van der Waals surface area contributed by atoms with Crippen LogP contribution in [-0.4, -0.2) is 30.6 Å². The number of ether oxygens (including phenoxy) is 1. The van der Waals surface area contributed by atoms with Crippen LogP contribution in [0.25, 0.3) is 0 Å². The van der Waals surface area contributed by atoms with E-state index in [0.29, 0.717) is 29.3 Å². The summed E-state index contributed by atoms with van der Waals surface area (Å²) in [5, 5.41) is 0.641. The summed E-state index contributed by atoms with van der Waals surface area (Å²) in [6.45, 7) is 0.713. The number of aliphatic imine (C=N–C) groups is 1. The Morgan fingerprint density at radius 2 is 2.10 bits per heavy atom. The van der Waals surface area contributed by atoms with E-state index in [9.17, 15) is 0 Å². The fourth-order valence-corrected chi connectivity index (χ4v) is 3.56. The summed E-state index contributed by atoms with van der Waals surface area (Å²) >= 11 is 6.24. The van der Waals surface area contributed by atoms with Crippen LogP contribution in [0.1, 0.15) is 37.3 Å². The number of benzene rings is 1. The molecule has 0 bridgehead atoms. The van der Waals surface area contributed by atoms with Gasteiger partial charge in [0, 0.05) is 6.04 Å². The third-order valence-electron chi connectivity index (χ3n) is 4.31. The van der Waals surface area contributed by atoms with Crippen molar-refractivity contribution < 1.29 is 4.74 Å². The van der Waals surface area contributed by atoms with Gasteiger partial charge in [0.2, 0.25) is 0 Å². The van der Waals surface area contributed by atoms with Gasteiger partial charge in [-0.05, 0) is 30.5 Å². The molecule has 2 N–H and O–H groups in total. The average Bonchev–Trinajstić information content (AvgIpc) is 3.07. The highest BCUT2D eigenvalue weighted by molar-refractivity contribution is 6.32. The van der Waals surface area contributed by atoms with Crippen LogP contribution in [0.5, 0.6) is 5.75 Å². The normalized spacial score (nSPS) is 23.2. The summed E-state index contributed by atoms with van der Waals surface area (Å²) in [5.74, 6) is 1.38. The summed E-state index contributed by atoms with van der Waals surface area (Å²) < 4.78 is 5.21. The monoisotopic (exact) mass is 293 g/mol. The first-order valence-electron chi connectivity index (χ1n) is 7.12. The molecule has 1 saturated carbocycles. The molecule has 5 heteroatoms. The van der Waals surface area contributed by atoms with Crippen molar-refractivity contribution in [3.05, 3.63) is 28.8 Å². The Morgan fingerprint density at radius 3 is 2.75 bits per heavy atom. The predicted octanol–water partition coefficient (Wildman–Crippen LogP) is 2.96. The highest BCUT2D eigenvalue weighted by atomic mass is 35.5. The minimum absolute atomic E-state index is 0.210. The molecule has 0 saturated heterocycles. The number of rotatable bonds is 3. The van der Waals surface area contributed by atoms with E-state index in [4.69, 9.17) is 22.1 Å². The van der Waals surface area contributed by atoms with Crippen LogP contribution in [0.3, 0.4) is 0 Å². The summed E-state index contributed by atoms with van der Waals surface area (Å²) in [4.78, 5) is 6.72. The van der Waals surface area contributed by atoms with Gasteiger partial charge in [0.1, 0.15) is 5.75 Å². The Balaban J connectivity index is 1.87. The van der Waals surface area contributed by atoms with Crippen molar-refractivity contribution in [1.29, 1.82) is 0 Å². The molecule has 0 spiro atoms. The van der Waals surface area contributed by atoms with Gasteiger partial charge in [0.15, 0.2) is 5.96 Å². The number of nitrogens with two attached hydrogens (primary N) is 1. The number of methoxy groups -OCH3 is 1. The van der Waals surface area contributed by atoms with E-state index in [1.165, 1.54) is 25.7 Å². The molecule has 2 aliphatic rings. The van der Waals surface area contributed by atoms with Crippen molar-refractivity contribution in [3.8, 4) is 5.75 Å². The highest BCUT2D eigenvalue weighted by Crippen LogP contribution is 2.36. The molecule has 1 aliphatic carbocycles. The number of guanidine groups is 1. The molecule has 1 aromatic rings. The van der Waals surface area contributed by atoms with Gasteiger partial charge in [-0.3, -0.25) is 4.99 Å². The number of halogens is 1. The largest absolute Gasteiger partial charge is 0.495 e. The number of hydrogen-bond donors (Lipinski definition) is 1. The van der Waals surface area contributed by atoms with E-state index < -0.39 is 0 Å². The number of hydrogen-bond acceptors (Lipinski definition) is 4. The first kappa shape index (κ1) is 13.6. The second kappa shape index (κ2) is 5.52. The summed E-state index contributed by atoms with van der Waals surface area (Å²) in [5.41, 5.74) is 7.26. The van der Waals surface area contributed by atoms with Gasteiger partial charge in [-0.1, -0.05) is 30.5 Å². The van der Waals surface area contributed by atoms with Gasteiger partial charge < -0.3 is 15.4 Å². The van der Waals surface area contributed by atoms with Crippen LogP contribution in [-0.2, 0) is 0 Å². The Morgan fingerprint density at radius 1 is 1.35 bits per heavy atom. The highest BCUT2D eigenvalue weighted by Gasteiger charge is 2.34. The van der Waals surface area contributed by atoms with E-state index in [-0.39, 0.29) is 6.04 Å². The van der Waals surface area contributed by atoms with Gasteiger partial charge in [0.25, 0.3) is 0 Å². The molecule has 108 valence electrons. The minimum Gasteiger partial charge on any atom is -0.495 e. The minimum atomic E-state index is 0.210. The Labute approximate surface area is 124 Å². The van der Waals surface area contributed by atoms with E-state index >= 15 is 0 Å². The molecular formula is C15H20ClN3O. The molecule has 0 amide bonds. The standard InChI is InChI=1S/C15H20ClN3O/c1-20-14-7-6-10(8-12(14)16)13-9-18-15(17)19(13)11-4-2-3-5-11/h6-8,11,13H,2-5,9H2,1H3,(H2,17,18). The Hall–Kier alpha value is -1.42. The fraction of sp³-hybridized carbons (Fsp3) is 0.533. The van der Waals surface area contributed by atoms with E-state index in [1.54, 1.807) is 7.11 Å². The number of nitrogens with zero attached hydrogens (tertiary/aromatic N) is 2. The fourth-order valence-electron chi connectivity index (χ4n) is 3.29. The van der Waals surface area contributed by atoms with Crippen molar-refractivity contribution in [2.75, 3.05) is 13.7 Å². The topological polar surface area (TPSA) is 50.9 Å². The SMILES string of the molecule is COc1ccc(C2CN=C(N)N2C2CCCC2)cc1Cl. The van der Waals surface area contributed by atoms with Crippen molar-refractivity contribution in [2.45, 2.75) is 37.8 Å². The van der Waals surface area contributed by atoms with Crippen LogP contribution in [0.2, 0.25) is 5.02 Å². The van der Waals surface area contributed by atoms with E-state index in [1.807, 2.05) is 12.1 Å². The van der Waals surface area contributed by atoms with Crippen LogP contribution >= 0.6 is 11.6 Å². The summed E-state index contributed by atoms with van der Waals surface area (Å²) in [6.07, 6.45) is 4.97. The first-order valence-corrected chi connectivity index (χ1v) is 7.50. The molecule has 0 radical (unpaired) electrons. The van der Waals surface area contributed by atoms with Gasteiger partial charge in [-0.25, -0.2) is 0 Å². The third-order valence-corrected chi connectivity index (χ3v) is 4.60. The van der Waals surface area contributed by atoms with Gasteiger partial charge in [-0.2, -0.15) is 0 Å². The van der Waals surface area contributed by atoms with E-state index in [2.05, 4.69) is 16.0 Å². The molecule has 20 heavy (non-hydrogen) atoms. The zero-order chi connectivity index (χ0) is 14.1. The predicted molar refractivity (Wildman–Crippen MR) is 81.3 cm³/mol. The molecule has 1 aliphatic heterocycles. The molecule has 1 heterocycles. The van der Waals surface area contributed by atoms with Crippen molar-refractivity contribution >= 4 is 17.6 Å². The first-order chi connectivity index (χ1) is 9.70. The molecule has 1 aromatic carbocycles. The second-order valence-corrected chi connectivity index (χ2v) is 5.86. The van der Waals surface area contributed by atoms with Crippen molar-refractivity contribution in [3.63, 3.8) is 0 Å². The molecule has 4 nitrogen and oxygen atoms in total. The van der Waals surface area contributed by atoms with Crippen LogP contribution < -0.4 is 10.5 Å². The smallest absolute Gasteiger partial charge is 0.192 e. The Bertz CT molecular complexity index is 526. The zero-order valence-corrected chi connectivity index (χ0v) is 12.4. The molecule has 1 unspecified atom stereocenters. The van der Waals surface area contributed by atoms with Gasteiger partial charge >= 0.3 is 0 Å². The lowest BCUT2D eigenvalue weighted by atomic mass is 10.0. The van der Waals surface area contributed by atoms with Crippen molar-refractivity contribution in [1.82, 2.24) is 4.90 Å². The van der Waals surface area contributed by atoms with Crippen molar-refractivity contribution in [2.24, 2.45) is 10.7 Å². The van der Waals surface area contributed by atoms with E-state index in [0.717, 1.165) is 5.56 Å². The maximum Gasteiger partial charge on any atom is 0.192 e. The Kier molecular flexibility index (Phi) is 3.74. The van der Waals surface area contributed by atoms with Crippen LogP contribution in [0.4, 0.5) is 0 Å². The second-order valence-electron chi connectivity index (χ2n) is 5.45. The zero-order valence-electron chi connectivity index (χ0n) is 11.7. The van der Waals surface area contributed by atoms with Gasteiger partial charge in [0.05, 0.1) is 24.7 Å². The lowest BCUT2D eigenvalue weighted by molar-refractivity contribution is 0.262. The van der Waals surface area contributed by atoms with Gasteiger partial charge in [-0.15, -0.1) is 0 Å². The molecule has 3 rings (SSSR count). The molecular weight excluding hydrogens is 274 g/mol. The molecule has 0 aromatic heterocycles. The van der Waals surface area contributed by atoms with Crippen LogP contribution in [0.15, 0.2) is 23.2 Å².